The van der Waals surface area contributed by atoms with Crippen LogP contribution in [0.3, 0.4) is 0 Å². The number of pyridine rings is 1. The van der Waals surface area contributed by atoms with Crippen molar-refractivity contribution < 1.29 is 5.11 Å². The minimum Gasteiger partial charge on any atom is -0.386 e. The largest absolute Gasteiger partial charge is 0.386 e. The molecule has 0 saturated carbocycles. The number of halogens is 1. The summed E-state index contributed by atoms with van der Waals surface area (Å²) in [4.78, 5) is 4.48. The van der Waals surface area contributed by atoms with Crippen LogP contribution >= 0.6 is 23.1 Å². The fourth-order valence-electron chi connectivity index (χ4n) is 3.29. The molecule has 1 atom stereocenters. The number of hydrogen-bond acceptors (Lipinski definition) is 5. The van der Waals surface area contributed by atoms with E-state index in [1.165, 1.54) is 11.5 Å². The first-order valence-corrected chi connectivity index (χ1v) is 10.6. The first-order chi connectivity index (χ1) is 13.8. The van der Waals surface area contributed by atoms with Crippen LogP contribution in [0.4, 0.5) is 5.69 Å². The van der Waals surface area contributed by atoms with Gasteiger partial charge in [-0.25, -0.2) is 4.37 Å². The average molecular weight is 424 g/mol. The monoisotopic (exact) mass is 423 g/mol. The molecule has 2 N–H and O–H groups in total. The summed E-state index contributed by atoms with van der Waals surface area (Å²) in [6.45, 7) is 5.66. The number of fused-ring (bicyclic) bond motifs is 1. The van der Waals surface area contributed by atoms with Gasteiger partial charge in [-0.1, -0.05) is 41.9 Å². The molecule has 0 aliphatic rings. The van der Waals surface area contributed by atoms with Crippen molar-refractivity contribution in [3.05, 3.63) is 76.4 Å². The Hall–Kier alpha value is -2.47. The average Bonchev–Trinajstić information content (AvgIpc) is 3.24. The van der Waals surface area contributed by atoms with Crippen molar-refractivity contribution in [2.75, 3.05) is 5.32 Å². The second kappa shape index (κ2) is 7.75. The molecule has 0 radical (unpaired) electrons. The molecule has 1 unspecified atom stereocenters. The van der Waals surface area contributed by atoms with Gasteiger partial charge in [0.05, 0.1) is 27.9 Å². The second-order valence-electron chi connectivity index (χ2n) is 7.67. The van der Waals surface area contributed by atoms with Crippen LogP contribution in [0.1, 0.15) is 37.9 Å². The van der Waals surface area contributed by atoms with Crippen molar-refractivity contribution in [1.82, 2.24) is 9.36 Å². The van der Waals surface area contributed by atoms with E-state index >= 15 is 0 Å². The lowest BCUT2D eigenvalue weighted by atomic mass is 9.95. The van der Waals surface area contributed by atoms with E-state index in [4.69, 9.17) is 11.6 Å². The molecule has 2 heterocycles. The zero-order valence-corrected chi connectivity index (χ0v) is 18.1. The zero-order chi connectivity index (χ0) is 20.6. The zero-order valence-electron chi connectivity index (χ0n) is 16.5. The van der Waals surface area contributed by atoms with Gasteiger partial charge >= 0.3 is 0 Å². The summed E-state index contributed by atoms with van der Waals surface area (Å²) in [5.74, 6) is 0. The SMILES string of the molecule is CC(Nc1c(Cl)cnc2ccc(-c3ccc(C(C)(C)O)cc3)cc12)c1cnsc1. The summed E-state index contributed by atoms with van der Waals surface area (Å²) in [5.41, 5.74) is 5.03. The molecule has 0 aliphatic carbocycles. The summed E-state index contributed by atoms with van der Waals surface area (Å²) < 4.78 is 4.19. The summed E-state index contributed by atoms with van der Waals surface area (Å²) in [7, 11) is 0. The topological polar surface area (TPSA) is 58.0 Å². The van der Waals surface area contributed by atoms with Gasteiger partial charge in [-0.05, 0) is 61.1 Å². The van der Waals surface area contributed by atoms with E-state index in [2.05, 4.69) is 33.7 Å². The highest BCUT2D eigenvalue weighted by Gasteiger charge is 2.16. The predicted octanol–water partition coefficient (Wildman–Crippen LogP) is 6.41. The Bertz CT molecular complexity index is 1140. The molecule has 6 heteroatoms. The number of hydrogen-bond donors (Lipinski definition) is 2. The van der Waals surface area contributed by atoms with Gasteiger partial charge in [0, 0.05) is 28.7 Å². The van der Waals surface area contributed by atoms with Crippen LogP contribution in [-0.2, 0) is 5.60 Å². The van der Waals surface area contributed by atoms with Crippen LogP contribution in [0.25, 0.3) is 22.0 Å². The number of rotatable bonds is 5. The Kier molecular flexibility index (Phi) is 5.30. The minimum absolute atomic E-state index is 0.0755. The Morgan fingerprint density at radius 3 is 2.45 bits per heavy atom. The van der Waals surface area contributed by atoms with Gasteiger partial charge in [0.2, 0.25) is 0 Å². The highest BCUT2D eigenvalue weighted by Crippen LogP contribution is 2.35. The molecular weight excluding hydrogens is 402 g/mol. The molecule has 4 rings (SSSR count). The van der Waals surface area contributed by atoms with Crippen LogP contribution in [0.15, 0.2) is 60.2 Å². The number of nitrogens with zero attached hydrogens (tertiary/aromatic N) is 2. The lowest BCUT2D eigenvalue weighted by Crippen LogP contribution is -2.14. The minimum atomic E-state index is -0.858. The second-order valence-corrected chi connectivity index (χ2v) is 8.74. The third-order valence-corrected chi connectivity index (χ3v) is 5.95. The van der Waals surface area contributed by atoms with Gasteiger partial charge in [-0.3, -0.25) is 4.98 Å². The fourth-order valence-corrected chi connectivity index (χ4v) is 4.13. The normalized spacial score (nSPS) is 12.9. The van der Waals surface area contributed by atoms with Crippen molar-refractivity contribution in [3.8, 4) is 11.1 Å². The number of benzene rings is 2. The Balaban J connectivity index is 1.74. The van der Waals surface area contributed by atoms with Crippen molar-refractivity contribution >= 4 is 39.7 Å². The molecule has 148 valence electrons. The van der Waals surface area contributed by atoms with Crippen LogP contribution in [0.2, 0.25) is 5.02 Å². The molecular formula is C23H22ClN3OS. The van der Waals surface area contributed by atoms with Crippen molar-refractivity contribution in [1.29, 1.82) is 0 Å². The standard InChI is InChI=1S/C23H22ClN3OS/c1-14(17-11-26-29-13-17)27-22-19-10-16(6-9-21(19)25-12-20(22)24)15-4-7-18(8-5-15)23(2,3)28/h4-14,28H,1-3H3,(H,25,27). The molecule has 0 spiro atoms. The maximum atomic E-state index is 10.2. The molecule has 2 aromatic heterocycles. The van der Waals surface area contributed by atoms with E-state index in [1.807, 2.05) is 41.9 Å². The third-order valence-electron chi connectivity index (χ3n) is 5.06. The molecule has 0 aliphatic heterocycles. The van der Waals surface area contributed by atoms with E-state index in [1.54, 1.807) is 20.0 Å². The van der Waals surface area contributed by atoms with Gasteiger partial charge in [-0.2, -0.15) is 0 Å². The van der Waals surface area contributed by atoms with E-state index in [0.29, 0.717) is 5.02 Å². The molecule has 0 amide bonds. The van der Waals surface area contributed by atoms with Crippen LogP contribution in [-0.4, -0.2) is 14.5 Å². The first-order valence-electron chi connectivity index (χ1n) is 9.40. The highest BCUT2D eigenvalue weighted by atomic mass is 35.5. The first kappa shape index (κ1) is 19.8. The lowest BCUT2D eigenvalue weighted by molar-refractivity contribution is 0.0786. The van der Waals surface area contributed by atoms with Gasteiger partial charge in [-0.15, -0.1) is 0 Å². The Morgan fingerprint density at radius 2 is 1.79 bits per heavy atom. The van der Waals surface area contributed by atoms with Gasteiger partial charge in [0.25, 0.3) is 0 Å². The molecule has 2 aromatic carbocycles. The van der Waals surface area contributed by atoms with E-state index in [9.17, 15) is 5.11 Å². The number of aliphatic hydroxyl groups is 1. The van der Waals surface area contributed by atoms with Gasteiger partial charge < -0.3 is 10.4 Å². The maximum Gasteiger partial charge on any atom is 0.0840 e. The molecule has 29 heavy (non-hydrogen) atoms. The lowest BCUT2D eigenvalue weighted by Gasteiger charge is -2.18. The van der Waals surface area contributed by atoms with Gasteiger partial charge in [0.15, 0.2) is 0 Å². The fraction of sp³-hybridized carbons (Fsp3) is 0.217. The molecule has 0 fully saturated rings. The quantitative estimate of drug-likeness (QED) is 0.389. The summed E-state index contributed by atoms with van der Waals surface area (Å²) in [5, 5.41) is 17.3. The van der Waals surface area contributed by atoms with Crippen LogP contribution in [0.5, 0.6) is 0 Å². The smallest absolute Gasteiger partial charge is 0.0840 e. The van der Waals surface area contributed by atoms with E-state index < -0.39 is 5.60 Å². The third kappa shape index (κ3) is 4.13. The van der Waals surface area contributed by atoms with Crippen molar-refractivity contribution in [2.24, 2.45) is 0 Å². The Labute approximate surface area is 179 Å². The van der Waals surface area contributed by atoms with Crippen molar-refractivity contribution in [2.45, 2.75) is 32.4 Å². The van der Waals surface area contributed by atoms with Crippen LogP contribution < -0.4 is 5.32 Å². The van der Waals surface area contributed by atoms with E-state index in [0.717, 1.165) is 38.8 Å². The predicted molar refractivity (Wildman–Crippen MR) is 122 cm³/mol. The van der Waals surface area contributed by atoms with Gasteiger partial charge in [0.1, 0.15) is 0 Å². The highest BCUT2D eigenvalue weighted by molar-refractivity contribution is 7.03. The number of aromatic nitrogens is 2. The van der Waals surface area contributed by atoms with Crippen LogP contribution in [0, 0.1) is 0 Å². The molecule has 0 saturated heterocycles. The Morgan fingerprint density at radius 1 is 1.07 bits per heavy atom. The summed E-state index contributed by atoms with van der Waals surface area (Å²) in [6, 6.07) is 14.2. The van der Waals surface area contributed by atoms with Crippen molar-refractivity contribution in [3.63, 3.8) is 0 Å². The summed E-state index contributed by atoms with van der Waals surface area (Å²) in [6.07, 6.45) is 3.55. The molecule has 4 nitrogen and oxygen atoms in total. The maximum absolute atomic E-state index is 10.2. The molecule has 4 aromatic rings. The number of nitrogens with one attached hydrogen (secondary N) is 1. The van der Waals surface area contributed by atoms with E-state index in [-0.39, 0.29) is 6.04 Å². The molecule has 0 bridgehead atoms. The summed E-state index contributed by atoms with van der Waals surface area (Å²) >= 11 is 7.95. The number of anilines is 1.